The maximum Gasteiger partial charge on any atom is 0.310 e. The van der Waals surface area contributed by atoms with Gasteiger partial charge in [0.25, 0.3) is 0 Å². The summed E-state index contributed by atoms with van der Waals surface area (Å²) in [5.74, 6) is -0.273. The Morgan fingerprint density at radius 3 is 2.71 bits per heavy atom. The summed E-state index contributed by atoms with van der Waals surface area (Å²) in [7, 11) is 0. The molecule has 0 N–H and O–H groups in total. The number of esters is 1. The molecular formula is C13H15NO2S. The summed E-state index contributed by atoms with van der Waals surface area (Å²) in [4.78, 5) is 12.2. The van der Waals surface area contributed by atoms with Gasteiger partial charge in [-0.2, -0.15) is 5.26 Å². The summed E-state index contributed by atoms with van der Waals surface area (Å²) in [6, 6.07) is 5.51. The van der Waals surface area contributed by atoms with Crippen LogP contribution in [-0.2, 0) is 22.4 Å². The summed E-state index contributed by atoms with van der Waals surface area (Å²) in [5, 5.41) is 8.89. The smallest absolute Gasteiger partial charge is 0.310 e. The number of hydrogen-bond donors (Lipinski definition) is 1. The van der Waals surface area contributed by atoms with Crippen molar-refractivity contribution >= 4 is 18.6 Å². The van der Waals surface area contributed by atoms with Crippen LogP contribution in [0.1, 0.15) is 30.5 Å². The van der Waals surface area contributed by atoms with Crippen LogP contribution < -0.4 is 0 Å². The molecule has 1 aromatic carbocycles. The number of carbonyl (C=O) groups is 1. The lowest BCUT2D eigenvalue weighted by molar-refractivity contribution is -0.142. The van der Waals surface area contributed by atoms with Crippen molar-refractivity contribution < 1.29 is 9.53 Å². The molecule has 0 unspecified atom stereocenters. The van der Waals surface area contributed by atoms with Gasteiger partial charge >= 0.3 is 5.97 Å². The Balaban J connectivity index is 3.08. The molecule has 0 amide bonds. The molecule has 0 aromatic heterocycles. The van der Waals surface area contributed by atoms with Crippen LogP contribution in [0.25, 0.3) is 0 Å². The van der Waals surface area contributed by atoms with E-state index in [4.69, 9.17) is 10.00 Å². The highest BCUT2D eigenvalue weighted by Crippen LogP contribution is 2.22. The fourth-order valence-electron chi connectivity index (χ4n) is 1.71. The van der Waals surface area contributed by atoms with E-state index in [1.165, 1.54) is 0 Å². The number of ether oxygens (including phenoxy) is 1. The zero-order valence-electron chi connectivity index (χ0n) is 9.99. The lowest BCUT2D eigenvalue weighted by Crippen LogP contribution is -2.09. The van der Waals surface area contributed by atoms with E-state index in [0.29, 0.717) is 12.2 Å². The Morgan fingerprint density at radius 2 is 2.18 bits per heavy atom. The fourth-order valence-corrected chi connectivity index (χ4v) is 2.15. The lowest BCUT2D eigenvalue weighted by Gasteiger charge is -2.10. The minimum Gasteiger partial charge on any atom is -0.466 e. The zero-order valence-corrected chi connectivity index (χ0v) is 10.9. The van der Waals surface area contributed by atoms with E-state index in [0.717, 1.165) is 22.4 Å². The summed E-state index contributed by atoms with van der Waals surface area (Å²) < 4.78 is 4.91. The molecule has 0 aliphatic carbocycles. The molecule has 17 heavy (non-hydrogen) atoms. The summed E-state index contributed by atoms with van der Waals surface area (Å²) in [6.45, 7) is 4.14. The molecule has 0 aliphatic rings. The number of carbonyl (C=O) groups excluding carboxylic acids is 1. The minimum absolute atomic E-state index is 0.195. The highest BCUT2D eigenvalue weighted by Gasteiger charge is 2.11. The molecule has 0 heterocycles. The van der Waals surface area contributed by atoms with Gasteiger partial charge in [0.1, 0.15) is 0 Å². The normalized spacial score (nSPS) is 9.76. The molecule has 0 spiro atoms. The van der Waals surface area contributed by atoms with Gasteiger partial charge in [-0.1, -0.05) is 6.92 Å². The molecule has 90 valence electrons. The third-order valence-corrected chi connectivity index (χ3v) is 2.84. The molecule has 1 aromatic rings. The van der Waals surface area contributed by atoms with E-state index in [1.54, 1.807) is 19.1 Å². The van der Waals surface area contributed by atoms with Crippen molar-refractivity contribution in [2.24, 2.45) is 0 Å². The summed E-state index contributed by atoms with van der Waals surface area (Å²) >= 11 is 4.34. The monoisotopic (exact) mass is 249 g/mol. The van der Waals surface area contributed by atoms with Gasteiger partial charge in [-0.15, -0.1) is 12.6 Å². The molecule has 0 atom stereocenters. The van der Waals surface area contributed by atoms with Gasteiger partial charge in [-0.05, 0) is 36.6 Å². The van der Waals surface area contributed by atoms with Crippen molar-refractivity contribution in [2.45, 2.75) is 31.6 Å². The van der Waals surface area contributed by atoms with Crippen LogP contribution >= 0.6 is 12.6 Å². The van der Waals surface area contributed by atoms with Crippen molar-refractivity contribution in [2.75, 3.05) is 6.61 Å². The van der Waals surface area contributed by atoms with Gasteiger partial charge in [-0.3, -0.25) is 4.79 Å². The molecule has 0 saturated heterocycles. The number of thiol groups is 1. The molecule has 0 bridgehead atoms. The average Bonchev–Trinajstić information content (AvgIpc) is 2.28. The first kappa shape index (κ1) is 13.6. The Morgan fingerprint density at radius 1 is 1.47 bits per heavy atom. The van der Waals surface area contributed by atoms with E-state index < -0.39 is 0 Å². The van der Waals surface area contributed by atoms with Crippen LogP contribution in [0.2, 0.25) is 0 Å². The standard InChI is InChI=1S/C13H15NO2S/c1-3-11-10(7-13(15)16-4-2)5-9(8-14)6-12(11)17/h5-6,17H,3-4,7H2,1-2H3. The van der Waals surface area contributed by atoms with E-state index in [9.17, 15) is 4.79 Å². The van der Waals surface area contributed by atoms with Gasteiger partial charge in [0.05, 0.1) is 24.7 Å². The second-order valence-electron chi connectivity index (χ2n) is 3.58. The molecule has 0 fully saturated rings. The van der Waals surface area contributed by atoms with E-state index >= 15 is 0 Å². The molecule has 3 nitrogen and oxygen atoms in total. The predicted molar refractivity (Wildman–Crippen MR) is 68.1 cm³/mol. The largest absolute Gasteiger partial charge is 0.466 e. The minimum atomic E-state index is -0.273. The Kier molecular flexibility index (Phi) is 5.05. The number of nitrogens with zero attached hydrogens (tertiary/aromatic N) is 1. The number of hydrogen-bond acceptors (Lipinski definition) is 4. The molecule has 0 saturated carbocycles. The van der Waals surface area contributed by atoms with Crippen molar-refractivity contribution in [3.8, 4) is 6.07 Å². The van der Waals surface area contributed by atoms with Crippen molar-refractivity contribution in [3.05, 3.63) is 28.8 Å². The summed E-state index contributed by atoms with van der Waals surface area (Å²) in [6.07, 6.45) is 0.972. The highest BCUT2D eigenvalue weighted by molar-refractivity contribution is 7.80. The van der Waals surface area contributed by atoms with E-state index in [1.807, 2.05) is 6.92 Å². The van der Waals surface area contributed by atoms with Crippen molar-refractivity contribution in [1.29, 1.82) is 5.26 Å². The van der Waals surface area contributed by atoms with Crippen LogP contribution in [0.4, 0.5) is 0 Å². The molecule has 1 rings (SSSR count). The number of rotatable bonds is 4. The maximum absolute atomic E-state index is 11.5. The van der Waals surface area contributed by atoms with Crippen molar-refractivity contribution in [3.63, 3.8) is 0 Å². The molecule has 0 aliphatic heterocycles. The zero-order chi connectivity index (χ0) is 12.8. The fraction of sp³-hybridized carbons (Fsp3) is 0.385. The van der Waals surface area contributed by atoms with Gasteiger partial charge in [0.2, 0.25) is 0 Å². The molecular weight excluding hydrogens is 234 g/mol. The Bertz CT molecular complexity index is 463. The number of benzene rings is 1. The maximum atomic E-state index is 11.5. The van der Waals surface area contributed by atoms with E-state index in [2.05, 4.69) is 18.7 Å². The summed E-state index contributed by atoms with van der Waals surface area (Å²) in [5.41, 5.74) is 2.35. The second-order valence-corrected chi connectivity index (χ2v) is 4.06. The first-order valence-electron chi connectivity index (χ1n) is 5.52. The van der Waals surface area contributed by atoms with Crippen LogP contribution in [0, 0.1) is 11.3 Å². The van der Waals surface area contributed by atoms with Crippen molar-refractivity contribution in [1.82, 2.24) is 0 Å². The first-order valence-corrected chi connectivity index (χ1v) is 5.97. The van der Waals surface area contributed by atoms with Crippen LogP contribution in [0.3, 0.4) is 0 Å². The molecule has 4 heteroatoms. The second kappa shape index (κ2) is 6.31. The SMILES string of the molecule is CCOC(=O)Cc1cc(C#N)cc(S)c1CC. The van der Waals surface area contributed by atoms with Gasteiger partial charge in [-0.25, -0.2) is 0 Å². The third-order valence-electron chi connectivity index (χ3n) is 2.44. The first-order chi connectivity index (χ1) is 8.12. The van der Waals surface area contributed by atoms with Crippen LogP contribution in [-0.4, -0.2) is 12.6 Å². The highest BCUT2D eigenvalue weighted by atomic mass is 32.1. The van der Waals surface area contributed by atoms with Crippen LogP contribution in [0.15, 0.2) is 17.0 Å². The van der Waals surface area contributed by atoms with Gasteiger partial charge in [0.15, 0.2) is 0 Å². The van der Waals surface area contributed by atoms with Crippen LogP contribution in [0.5, 0.6) is 0 Å². The number of nitriles is 1. The molecule has 0 radical (unpaired) electrons. The van der Waals surface area contributed by atoms with E-state index in [-0.39, 0.29) is 12.4 Å². The van der Waals surface area contributed by atoms with Gasteiger partial charge in [0, 0.05) is 4.90 Å². The third kappa shape index (κ3) is 3.50. The Hall–Kier alpha value is -1.47. The topological polar surface area (TPSA) is 50.1 Å². The lowest BCUT2D eigenvalue weighted by atomic mass is 9.99. The van der Waals surface area contributed by atoms with Gasteiger partial charge < -0.3 is 4.74 Å². The quantitative estimate of drug-likeness (QED) is 0.659. The Labute approximate surface area is 107 Å². The average molecular weight is 249 g/mol. The predicted octanol–water partition coefficient (Wildman–Crippen LogP) is 2.51.